The van der Waals surface area contributed by atoms with Crippen molar-refractivity contribution >= 4 is 19.9 Å². The average molecular weight is 730 g/mol. The van der Waals surface area contributed by atoms with Gasteiger partial charge in [0.1, 0.15) is 29.9 Å². The normalized spacial score (nSPS) is 18.7. The lowest BCUT2D eigenvalue weighted by molar-refractivity contribution is -0.0661. The Morgan fingerprint density at radius 2 is 1.75 bits per heavy atom. The molecule has 0 radical (unpaired) electrons. The van der Waals surface area contributed by atoms with E-state index in [0.717, 1.165) is 30.5 Å². The van der Waals surface area contributed by atoms with Crippen LogP contribution in [0.5, 0.6) is 0 Å². The van der Waals surface area contributed by atoms with Crippen molar-refractivity contribution in [2.24, 2.45) is 0 Å². The van der Waals surface area contributed by atoms with Crippen LogP contribution >= 0.6 is 8.60 Å². The van der Waals surface area contributed by atoms with E-state index in [1.165, 1.54) is 89.1 Å². The molecule has 1 aliphatic rings. The quantitative estimate of drug-likeness (QED) is 0.0607. The van der Waals surface area contributed by atoms with Crippen molar-refractivity contribution in [2.45, 2.75) is 135 Å². The van der Waals surface area contributed by atoms with Gasteiger partial charge in [0.2, 0.25) is 0 Å². The Balaban J connectivity index is 1.16. The summed E-state index contributed by atoms with van der Waals surface area (Å²) in [4.78, 5) is 14.7. The van der Waals surface area contributed by atoms with Crippen LogP contribution in [0.2, 0.25) is 0 Å². The number of benzene rings is 1. The monoisotopic (exact) mass is 729 g/mol. The average Bonchev–Trinajstić information content (AvgIpc) is 3.74. The molecule has 13 heteroatoms. The summed E-state index contributed by atoms with van der Waals surface area (Å²) in [6.07, 6.45) is 18.8. The zero-order valence-corrected chi connectivity index (χ0v) is 31.3. The van der Waals surface area contributed by atoms with E-state index in [9.17, 15) is 14.5 Å². The standard InChI is InChI=1S/C38H57FN5O6P/c1-3-4-5-6-7-8-9-10-11-12-13-14-15-20-46-26-33(47-25-31-21-30(24-40)22-32(39)23-31)27-48-51(45)49-28-38(2)19-18-36(50-38)34-16-17-35-37(41)42-29-43-44(34)35/h16-17,21-23,29,33,36,45H,3-15,18-20,25-28H2,1-2H3,(H2,41,42,43)/t33?,36?,38-,51?/m0/s1. The van der Waals surface area contributed by atoms with Crippen molar-refractivity contribution in [3.63, 3.8) is 0 Å². The van der Waals surface area contributed by atoms with Crippen molar-refractivity contribution in [2.75, 3.05) is 32.2 Å². The van der Waals surface area contributed by atoms with Crippen LogP contribution in [-0.2, 0) is 29.9 Å². The Kier molecular flexibility index (Phi) is 18.0. The number of fused-ring (bicyclic) bond motifs is 1. The van der Waals surface area contributed by atoms with E-state index < -0.39 is 26.1 Å². The van der Waals surface area contributed by atoms with Gasteiger partial charge < -0.3 is 33.9 Å². The highest BCUT2D eigenvalue weighted by Gasteiger charge is 2.39. The first-order chi connectivity index (χ1) is 24.8. The molecule has 4 atom stereocenters. The summed E-state index contributed by atoms with van der Waals surface area (Å²) in [5.41, 5.74) is 7.70. The molecule has 0 spiro atoms. The summed E-state index contributed by atoms with van der Waals surface area (Å²) < 4.78 is 45.5. The second-order valence-corrected chi connectivity index (χ2v) is 14.8. The van der Waals surface area contributed by atoms with Crippen molar-refractivity contribution in [3.05, 3.63) is 59.3 Å². The van der Waals surface area contributed by atoms with Crippen molar-refractivity contribution in [1.29, 1.82) is 5.26 Å². The summed E-state index contributed by atoms with van der Waals surface area (Å²) in [5.74, 6) is -0.0997. The van der Waals surface area contributed by atoms with E-state index in [0.29, 0.717) is 24.4 Å². The minimum atomic E-state index is -2.23. The Morgan fingerprint density at radius 1 is 1.04 bits per heavy atom. The first-order valence-corrected chi connectivity index (χ1v) is 19.8. The van der Waals surface area contributed by atoms with Gasteiger partial charge in [-0.2, -0.15) is 10.4 Å². The van der Waals surface area contributed by atoms with Crippen LogP contribution in [0.15, 0.2) is 36.7 Å². The molecule has 1 saturated heterocycles. The molecule has 3 unspecified atom stereocenters. The van der Waals surface area contributed by atoms with Gasteiger partial charge in [-0.1, -0.05) is 84.0 Å². The number of halogens is 1. The number of rotatable bonds is 26. The number of unbranched alkanes of at least 4 members (excludes halogenated alkanes) is 12. The lowest BCUT2D eigenvalue weighted by Gasteiger charge is -2.26. The fourth-order valence-corrected chi connectivity index (χ4v) is 7.15. The number of nitrogens with zero attached hydrogens (tertiary/aromatic N) is 4. The van der Waals surface area contributed by atoms with Gasteiger partial charge in [0.25, 0.3) is 0 Å². The fraction of sp³-hybridized carbons (Fsp3) is 0.658. The third-order valence-corrected chi connectivity index (χ3v) is 10.0. The van der Waals surface area contributed by atoms with Crippen LogP contribution in [-0.4, -0.2) is 57.6 Å². The van der Waals surface area contributed by atoms with Crippen LogP contribution < -0.4 is 5.73 Å². The SMILES string of the molecule is CCCCCCCCCCCCCCCOCC(COP(O)OC[C@]1(C)CCC(c2ccc3c(N)ncnn23)O1)OCc1cc(F)cc(C#N)c1. The Morgan fingerprint density at radius 3 is 2.45 bits per heavy atom. The predicted molar refractivity (Wildman–Crippen MR) is 196 cm³/mol. The highest BCUT2D eigenvalue weighted by Crippen LogP contribution is 2.43. The molecule has 0 amide bonds. The Hall–Kier alpha value is -2.75. The summed E-state index contributed by atoms with van der Waals surface area (Å²) in [7, 11) is -2.23. The van der Waals surface area contributed by atoms with Gasteiger partial charge in [0.05, 0.1) is 49.4 Å². The molecule has 1 fully saturated rings. The molecule has 3 N–H and O–H groups in total. The summed E-state index contributed by atoms with van der Waals surface area (Å²) in [6.45, 7) is 5.24. The van der Waals surface area contributed by atoms with Gasteiger partial charge in [-0.25, -0.2) is 13.9 Å². The molecular weight excluding hydrogens is 672 g/mol. The molecule has 11 nitrogen and oxygen atoms in total. The fourth-order valence-electron chi connectivity index (χ4n) is 6.40. The third kappa shape index (κ3) is 14.3. The molecule has 0 saturated carbocycles. The van der Waals surface area contributed by atoms with Crippen molar-refractivity contribution in [1.82, 2.24) is 14.6 Å². The second-order valence-electron chi connectivity index (χ2n) is 13.8. The predicted octanol–water partition coefficient (Wildman–Crippen LogP) is 8.88. The number of anilines is 1. The molecule has 0 aliphatic carbocycles. The number of aromatic nitrogens is 3. The number of nitriles is 1. The second kappa shape index (κ2) is 22.3. The number of ether oxygens (including phenoxy) is 3. The molecule has 4 rings (SSSR count). The summed E-state index contributed by atoms with van der Waals surface area (Å²) >= 11 is 0. The largest absolute Gasteiger partial charge is 0.382 e. The van der Waals surface area contributed by atoms with E-state index in [1.807, 2.05) is 25.1 Å². The van der Waals surface area contributed by atoms with Crippen LogP contribution in [0.1, 0.15) is 133 Å². The zero-order valence-electron chi connectivity index (χ0n) is 30.4. The van der Waals surface area contributed by atoms with Crippen molar-refractivity contribution < 1.29 is 32.5 Å². The molecule has 51 heavy (non-hydrogen) atoms. The number of hydrogen-bond donors (Lipinski definition) is 2. The maximum Gasteiger partial charge on any atom is 0.330 e. The van der Waals surface area contributed by atoms with Gasteiger partial charge >= 0.3 is 8.60 Å². The maximum atomic E-state index is 14.0. The molecule has 2 aromatic heterocycles. The van der Waals surface area contributed by atoms with E-state index >= 15 is 0 Å². The van der Waals surface area contributed by atoms with Crippen molar-refractivity contribution in [3.8, 4) is 6.07 Å². The summed E-state index contributed by atoms with van der Waals surface area (Å²) in [5, 5.41) is 13.5. The third-order valence-electron chi connectivity index (χ3n) is 9.32. The molecule has 3 heterocycles. The van der Waals surface area contributed by atoms with Gasteiger partial charge in [0, 0.05) is 6.61 Å². The molecule has 3 aromatic rings. The van der Waals surface area contributed by atoms with Crippen LogP contribution in [0, 0.1) is 17.1 Å². The Bertz CT molecular complexity index is 1490. The van der Waals surface area contributed by atoms with E-state index in [4.69, 9.17) is 29.0 Å². The van der Waals surface area contributed by atoms with Gasteiger partial charge in [-0.3, -0.25) is 0 Å². The minimum Gasteiger partial charge on any atom is -0.382 e. The minimum absolute atomic E-state index is 0.0126. The van der Waals surface area contributed by atoms with Gasteiger partial charge in [-0.05, 0) is 62.1 Å². The lowest BCUT2D eigenvalue weighted by Crippen LogP contribution is -2.30. The molecular formula is C38H57FN5O6P. The zero-order chi connectivity index (χ0) is 36.3. The van der Waals surface area contributed by atoms with Gasteiger partial charge in [0.15, 0.2) is 5.82 Å². The molecule has 282 valence electrons. The first kappa shape index (κ1) is 41.0. The highest BCUT2D eigenvalue weighted by atomic mass is 31.2. The lowest BCUT2D eigenvalue weighted by atomic mass is 10.0. The molecule has 1 aliphatic heterocycles. The topological polar surface area (TPSA) is 146 Å². The number of hydrogen-bond acceptors (Lipinski definition) is 10. The first-order valence-electron chi connectivity index (χ1n) is 18.7. The maximum absolute atomic E-state index is 14.0. The Labute approximate surface area is 304 Å². The van der Waals surface area contributed by atoms with E-state index in [2.05, 4.69) is 17.0 Å². The van der Waals surface area contributed by atoms with Gasteiger partial charge in [-0.15, -0.1) is 0 Å². The number of nitrogen functional groups attached to an aromatic ring is 1. The van der Waals surface area contributed by atoms with Crippen LogP contribution in [0.25, 0.3) is 5.52 Å². The van der Waals surface area contributed by atoms with E-state index in [1.54, 1.807) is 10.6 Å². The summed E-state index contributed by atoms with van der Waals surface area (Å²) in [6, 6.07) is 9.88. The number of nitrogens with two attached hydrogens (primary N) is 1. The van der Waals surface area contributed by atoms with E-state index in [-0.39, 0.29) is 38.1 Å². The molecule has 1 aromatic carbocycles. The van der Waals surface area contributed by atoms with Crippen LogP contribution in [0.4, 0.5) is 10.2 Å². The smallest absolute Gasteiger partial charge is 0.330 e. The molecule has 0 bridgehead atoms. The van der Waals surface area contributed by atoms with Crippen LogP contribution in [0.3, 0.4) is 0 Å². The highest BCUT2D eigenvalue weighted by molar-refractivity contribution is 7.40.